The highest BCUT2D eigenvalue weighted by atomic mass is 79.9. The molecule has 0 saturated heterocycles. The van der Waals surface area contributed by atoms with Gasteiger partial charge in [-0.25, -0.2) is 4.98 Å². The minimum absolute atomic E-state index is 0.167. The monoisotopic (exact) mass is 581 g/mol. The van der Waals surface area contributed by atoms with Crippen molar-refractivity contribution >= 4 is 32.7 Å². The van der Waals surface area contributed by atoms with E-state index in [2.05, 4.69) is 15.9 Å². The van der Waals surface area contributed by atoms with Crippen LogP contribution in [0.4, 0.5) is 0 Å². The summed E-state index contributed by atoms with van der Waals surface area (Å²) in [7, 11) is 0. The van der Waals surface area contributed by atoms with Crippen LogP contribution >= 0.6 is 15.9 Å². The third kappa shape index (κ3) is 5.49. The lowest BCUT2D eigenvalue weighted by atomic mass is 10.1. The number of para-hydroxylation sites is 3. The summed E-state index contributed by atoms with van der Waals surface area (Å²) in [6, 6.07) is 31.3. The van der Waals surface area contributed by atoms with Crippen LogP contribution in [0.3, 0.4) is 0 Å². The summed E-state index contributed by atoms with van der Waals surface area (Å²) in [6.45, 7) is 4.59. The van der Waals surface area contributed by atoms with Crippen LogP contribution in [0.1, 0.15) is 41.6 Å². The third-order valence-corrected chi connectivity index (χ3v) is 7.07. The van der Waals surface area contributed by atoms with Gasteiger partial charge in [-0.2, -0.15) is 0 Å². The van der Waals surface area contributed by atoms with Crippen LogP contribution in [0.5, 0.6) is 5.75 Å². The first-order valence-electron chi connectivity index (χ1n) is 12.8. The molecule has 0 radical (unpaired) electrons. The molecule has 1 amide bonds. The van der Waals surface area contributed by atoms with E-state index in [1.54, 1.807) is 27.7 Å². The molecule has 1 heterocycles. The Balaban J connectivity index is 1.73. The lowest BCUT2D eigenvalue weighted by Crippen LogP contribution is -2.37. The predicted octanol–water partition coefficient (Wildman–Crippen LogP) is 6.95. The van der Waals surface area contributed by atoms with Gasteiger partial charge < -0.3 is 9.64 Å². The average molecular weight is 582 g/mol. The zero-order valence-corrected chi connectivity index (χ0v) is 23.3. The molecule has 6 nitrogen and oxygen atoms in total. The first-order chi connectivity index (χ1) is 19.0. The first kappa shape index (κ1) is 26.4. The van der Waals surface area contributed by atoms with E-state index in [1.165, 1.54) is 0 Å². The van der Waals surface area contributed by atoms with Crippen LogP contribution < -0.4 is 10.3 Å². The van der Waals surface area contributed by atoms with Crippen LogP contribution in [-0.2, 0) is 6.54 Å². The summed E-state index contributed by atoms with van der Waals surface area (Å²) in [5.41, 5.74) is 2.45. The molecule has 4 aromatic carbocycles. The normalized spacial score (nSPS) is 11.8. The highest BCUT2D eigenvalue weighted by Gasteiger charge is 2.29. The van der Waals surface area contributed by atoms with Crippen molar-refractivity contribution in [2.75, 3.05) is 6.61 Å². The number of carbonyl (C=O) groups is 1. The number of benzene rings is 4. The highest BCUT2D eigenvalue weighted by molar-refractivity contribution is 9.10. The second kappa shape index (κ2) is 11.7. The summed E-state index contributed by atoms with van der Waals surface area (Å²) in [5.74, 6) is 0.852. The highest BCUT2D eigenvalue weighted by Crippen LogP contribution is 2.30. The number of hydrogen-bond acceptors (Lipinski definition) is 4. The number of ether oxygens (including phenoxy) is 1. The summed E-state index contributed by atoms with van der Waals surface area (Å²) < 4.78 is 8.31. The molecule has 7 heteroatoms. The van der Waals surface area contributed by atoms with Gasteiger partial charge in [0.05, 0.1) is 29.2 Å². The van der Waals surface area contributed by atoms with Gasteiger partial charge in [0.15, 0.2) is 0 Å². The van der Waals surface area contributed by atoms with Crippen molar-refractivity contribution in [3.8, 4) is 11.4 Å². The van der Waals surface area contributed by atoms with Gasteiger partial charge in [-0.15, -0.1) is 0 Å². The molecule has 196 valence electrons. The number of carbonyl (C=O) groups excluding carboxylic acids is 1. The smallest absolute Gasteiger partial charge is 0.266 e. The van der Waals surface area contributed by atoms with Crippen LogP contribution in [0.2, 0.25) is 0 Å². The van der Waals surface area contributed by atoms with Crippen LogP contribution in [0.15, 0.2) is 112 Å². The van der Waals surface area contributed by atoms with Crippen molar-refractivity contribution in [1.82, 2.24) is 14.5 Å². The molecular weight excluding hydrogens is 554 g/mol. The van der Waals surface area contributed by atoms with E-state index in [1.807, 2.05) is 98.8 Å². The Bertz CT molecular complexity index is 1680. The number of amides is 1. The van der Waals surface area contributed by atoms with E-state index in [-0.39, 0.29) is 11.5 Å². The molecule has 0 bridgehead atoms. The van der Waals surface area contributed by atoms with Crippen molar-refractivity contribution in [2.45, 2.75) is 26.4 Å². The van der Waals surface area contributed by atoms with Crippen molar-refractivity contribution in [2.24, 2.45) is 0 Å². The second-order valence-corrected chi connectivity index (χ2v) is 10.0. The van der Waals surface area contributed by atoms with Crippen molar-refractivity contribution in [3.05, 3.63) is 135 Å². The summed E-state index contributed by atoms with van der Waals surface area (Å²) >= 11 is 3.49. The van der Waals surface area contributed by atoms with Gasteiger partial charge in [0, 0.05) is 16.6 Å². The molecule has 0 saturated carbocycles. The minimum atomic E-state index is -0.566. The van der Waals surface area contributed by atoms with Crippen molar-refractivity contribution < 1.29 is 9.53 Å². The lowest BCUT2D eigenvalue weighted by Gasteiger charge is -2.31. The number of hydrogen-bond donors (Lipinski definition) is 0. The molecule has 0 N–H and O–H groups in total. The number of fused-ring (bicyclic) bond motifs is 1. The van der Waals surface area contributed by atoms with Crippen molar-refractivity contribution in [1.29, 1.82) is 0 Å². The van der Waals surface area contributed by atoms with E-state index in [4.69, 9.17) is 9.72 Å². The molecule has 0 aliphatic rings. The fourth-order valence-corrected chi connectivity index (χ4v) is 5.07. The fraction of sp³-hybridized carbons (Fsp3) is 0.156. The van der Waals surface area contributed by atoms with Crippen LogP contribution in [0.25, 0.3) is 16.6 Å². The third-order valence-electron chi connectivity index (χ3n) is 6.58. The molecule has 5 rings (SSSR count). The van der Waals surface area contributed by atoms with E-state index >= 15 is 0 Å². The van der Waals surface area contributed by atoms with Gasteiger partial charge in [-0.05, 0) is 61.9 Å². The maximum absolute atomic E-state index is 14.0. The second-order valence-electron chi connectivity index (χ2n) is 9.13. The van der Waals surface area contributed by atoms with Gasteiger partial charge in [-0.1, -0.05) is 76.6 Å². The average Bonchev–Trinajstić information content (AvgIpc) is 2.96. The Kier molecular flexibility index (Phi) is 7.89. The summed E-state index contributed by atoms with van der Waals surface area (Å²) in [4.78, 5) is 34.8. The minimum Gasteiger partial charge on any atom is -0.492 e. The molecule has 1 aromatic heterocycles. The number of rotatable bonds is 8. The van der Waals surface area contributed by atoms with Gasteiger partial charge in [0.25, 0.3) is 11.5 Å². The Labute approximate surface area is 235 Å². The number of nitrogens with zero attached hydrogens (tertiary/aromatic N) is 3. The molecule has 39 heavy (non-hydrogen) atoms. The SMILES string of the molecule is CCOc1ccccc1-n1c(C(C)N(Cc2ccccc2)C(=O)c2cccc(Br)c2)nc2ccccc2c1=O. The topological polar surface area (TPSA) is 64.4 Å². The van der Waals surface area contributed by atoms with E-state index in [9.17, 15) is 9.59 Å². The predicted molar refractivity (Wildman–Crippen MR) is 157 cm³/mol. The molecule has 0 aliphatic heterocycles. The van der Waals surface area contributed by atoms with E-state index in [0.29, 0.717) is 46.9 Å². The van der Waals surface area contributed by atoms with Gasteiger partial charge in [0.1, 0.15) is 11.6 Å². The quantitative estimate of drug-likeness (QED) is 0.199. The van der Waals surface area contributed by atoms with Gasteiger partial charge in [0.2, 0.25) is 0 Å². The molecule has 0 aliphatic carbocycles. The van der Waals surface area contributed by atoms with Gasteiger partial charge in [-0.3, -0.25) is 14.2 Å². The Morgan fingerprint density at radius 1 is 0.949 bits per heavy atom. The van der Waals surface area contributed by atoms with Crippen molar-refractivity contribution in [3.63, 3.8) is 0 Å². The molecule has 0 fully saturated rings. The molecule has 1 unspecified atom stereocenters. The Morgan fingerprint density at radius 2 is 1.67 bits per heavy atom. The Hall–Kier alpha value is -4.23. The lowest BCUT2D eigenvalue weighted by molar-refractivity contribution is 0.0664. The standard InChI is InChI=1S/C32H28BrN3O3/c1-3-39-29-19-10-9-18-28(29)36-30(34-27-17-8-7-16-26(27)32(36)38)22(2)35(21-23-12-5-4-6-13-23)31(37)24-14-11-15-25(33)20-24/h4-20,22H,3,21H2,1-2H3. The number of halogens is 1. The van der Waals surface area contributed by atoms with Gasteiger partial charge >= 0.3 is 0 Å². The summed E-state index contributed by atoms with van der Waals surface area (Å²) in [6.07, 6.45) is 0. The van der Waals surface area contributed by atoms with Crippen LogP contribution in [-0.4, -0.2) is 27.0 Å². The van der Waals surface area contributed by atoms with E-state index < -0.39 is 6.04 Å². The van der Waals surface area contributed by atoms with E-state index in [0.717, 1.165) is 10.0 Å². The largest absolute Gasteiger partial charge is 0.492 e. The zero-order valence-electron chi connectivity index (χ0n) is 21.8. The molecule has 0 spiro atoms. The Morgan fingerprint density at radius 3 is 2.44 bits per heavy atom. The maximum Gasteiger partial charge on any atom is 0.266 e. The number of aromatic nitrogens is 2. The van der Waals surface area contributed by atoms with Crippen LogP contribution in [0, 0.1) is 0 Å². The molecule has 5 aromatic rings. The maximum atomic E-state index is 14.0. The molecule has 1 atom stereocenters. The molecular formula is C32H28BrN3O3. The first-order valence-corrected chi connectivity index (χ1v) is 13.6. The zero-order chi connectivity index (χ0) is 27.4. The fourth-order valence-electron chi connectivity index (χ4n) is 4.67. The summed E-state index contributed by atoms with van der Waals surface area (Å²) in [5, 5.41) is 0.493.